The molecule has 2 aliphatic heterocycles. The molecule has 0 aliphatic carbocycles. The molecular formula is C23H34FIN8. The third-order valence-electron chi connectivity index (χ3n) is 6.13. The maximum Gasteiger partial charge on any atom is 0.225 e. The molecule has 0 unspecified atom stereocenters. The Morgan fingerprint density at radius 2 is 1.61 bits per heavy atom. The molecule has 2 saturated heterocycles. The van der Waals surface area contributed by atoms with Crippen LogP contribution in [0.1, 0.15) is 6.42 Å². The van der Waals surface area contributed by atoms with Gasteiger partial charge in [-0.3, -0.25) is 9.89 Å². The van der Waals surface area contributed by atoms with E-state index in [-0.39, 0.29) is 29.8 Å². The number of aliphatic imine (C=N–C) groups is 1. The highest BCUT2D eigenvalue weighted by Gasteiger charge is 2.22. The van der Waals surface area contributed by atoms with Gasteiger partial charge in [0.15, 0.2) is 5.96 Å². The van der Waals surface area contributed by atoms with E-state index < -0.39 is 0 Å². The lowest BCUT2D eigenvalue weighted by Crippen LogP contribution is -2.53. The van der Waals surface area contributed by atoms with Crippen LogP contribution in [0, 0.1) is 5.82 Å². The molecule has 1 aromatic heterocycles. The SMILES string of the molecule is CN=C(NCCCN1CCN(c2ncccn2)CC1)N1CCN(c2ccccc2F)CC1.I. The molecule has 180 valence electrons. The predicted molar refractivity (Wildman–Crippen MR) is 142 cm³/mol. The number of nitrogens with one attached hydrogen (secondary N) is 1. The minimum absolute atomic E-state index is 0. The Balaban J connectivity index is 0.00000306. The molecule has 4 rings (SSSR count). The summed E-state index contributed by atoms with van der Waals surface area (Å²) >= 11 is 0. The Kier molecular flexibility index (Phi) is 9.92. The number of halogens is 2. The molecule has 33 heavy (non-hydrogen) atoms. The van der Waals surface area contributed by atoms with Crippen molar-refractivity contribution in [3.63, 3.8) is 0 Å². The number of guanidine groups is 1. The largest absolute Gasteiger partial charge is 0.366 e. The molecule has 10 heteroatoms. The summed E-state index contributed by atoms with van der Waals surface area (Å²) in [6.07, 6.45) is 4.66. The van der Waals surface area contributed by atoms with Gasteiger partial charge in [0.05, 0.1) is 5.69 Å². The fourth-order valence-electron chi connectivity index (χ4n) is 4.33. The van der Waals surface area contributed by atoms with E-state index in [9.17, 15) is 4.39 Å². The molecule has 0 amide bonds. The minimum atomic E-state index is -0.152. The molecule has 0 spiro atoms. The topological polar surface area (TPSA) is 63.1 Å². The zero-order chi connectivity index (χ0) is 22.2. The van der Waals surface area contributed by atoms with Gasteiger partial charge < -0.3 is 20.0 Å². The molecule has 8 nitrogen and oxygen atoms in total. The molecule has 0 bridgehead atoms. The lowest BCUT2D eigenvalue weighted by atomic mass is 10.2. The lowest BCUT2D eigenvalue weighted by molar-refractivity contribution is 0.253. The van der Waals surface area contributed by atoms with Gasteiger partial charge in [0.25, 0.3) is 0 Å². The predicted octanol–water partition coefficient (Wildman–Crippen LogP) is 2.14. The summed E-state index contributed by atoms with van der Waals surface area (Å²) in [7, 11) is 1.83. The summed E-state index contributed by atoms with van der Waals surface area (Å²) in [6.45, 7) is 9.19. The van der Waals surface area contributed by atoms with Crippen LogP contribution in [0.4, 0.5) is 16.0 Å². The molecule has 2 fully saturated rings. The summed E-state index contributed by atoms with van der Waals surface area (Å²) in [4.78, 5) is 22.3. The van der Waals surface area contributed by atoms with E-state index in [1.807, 2.05) is 25.2 Å². The first kappa shape index (κ1) is 25.4. The molecule has 0 saturated carbocycles. The van der Waals surface area contributed by atoms with Crippen molar-refractivity contribution in [2.24, 2.45) is 4.99 Å². The number of rotatable bonds is 6. The van der Waals surface area contributed by atoms with Crippen molar-refractivity contribution in [2.75, 3.05) is 82.3 Å². The number of aromatic nitrogens is 2. The average molecular weight is 568 g/mol. The van der Waals surface area contributed by atoms with E-state index in [4.69, 9.17) is 0 Å². The van der Waals surface area contributed by atoms with Gasteiger partial charge in [0, 0.05) is 78.3 Å². The van der Waals surface area contributed by atoms with Crippen molar-refractivity contribution >= 4 is 41.6 Å². The summed E-state index contributed by atoms with van der Waals surface area (Å²) in [5, 5.41) is 3.51. The highest BCUT2D eigenvalue weighted by atomic mass is 127. The summed E-state index contributed by atoms with van der Waals surface area (Å²) in [6, 6.07) is 8.85. The Bertz CT molecular complexity index is 868. The van der Waals surface area contributed by atoms with Crippen LogP contribution in [0.5, 0.6) is 0 Å². The van der Waals surface area contributed by atoms with E-state index in [0.29, 0.717) is 5.69 Å². The Labute approximate surface area is 212 Å². The van der Waals surface area contributed by atoms with Gasteiger partial charge in [-0.1, -0.05) is 12.1 Å². The number of nitrogens with zero attached hydrogens (tertiary/aromatic N) is 7. The molecular weight excluding hydrogens is 534 g/mol. The zero-order valence-electron chi connectivity index (χ0n) is 19.2. The van der Waals surface area contributed by atoms with Crippen molar-refractivity contribution < 1.29 is 4.39 Å². The number of piperazine rings is 2. The first-order chi connectivity index (χ1) is 15.7. The van der Waals surface area contributed by atoms with E-state index in [1.54, 1.807) is 18.5 Å². The quantitative estimate of drug-likeness (QED) is 0.248. The van der Waals surface area contributed by atoms with Crippen LogP contribution in [0.3, 0.4) is 0 Å². The van der Waals surface area contributed by atoms with Crippen LogP contribution in [0.25, 0.3) is 0 Å². The second kappa shape index (κ2) is 12.9. The fraction of sp³-hybridized carbons (Fsp3) is 0.522. The third kappa shape index (κ3) is 6.89. The second-order valence-corrected chi connectivity index (χ2v) is 8.13. The van der Waals surface area contributed by atoms with Crippen molar-refractivity contribution in [3.8, 4) is 0 Å². The lowest BCUT2D eigenvalue weighted by Gasteiger charge is -2.38. The molecule has 1 aromatic carbocycles. The fourth-order valence-corrected chi connectivity index (χ4v) is 4.33. The number of hydrogen-bond donors (Lipinski definition) is 1. The van der Waals surface area contributed by atoms with Gasteiger partial charge in [-0.25, -0.2) is 14.4 Å². The van der Waals surface area contributed by atoms with Crippen molar-refractivity contribution in [3.05, 3.63) is 48.5 Å². The summed E-state index contributed by atoms with van der Waals surface area (Å²) < 4.78 is 14.1. The highest BCUT2D eigenvalue weighted by molar-refractivity contribution is 14.0. The normalized spacial score (nSPS) is 17.6. The van der Waals surface area contributed by atoms with E-state index in [2.05, 4.69) is 39.9 Å². The average Bonchev–Trinajstić information content (AvgIpc) is 2.86. The smallest absolute Gasteiger partial charge is 0.225 e. The monoisotopic (exact) mass is 568 g/mol. The zero-order valence-corrected chi connectivity index (χ0v) is 21.6. The van der Waals surface area contributed by atoms with Crippen LogP contribution in [-0.2, 0) is 0 Å². The van der Waals surface area contributed by atoms with E-state index >= 15 is 0 Å². The standard InChI is InChI=1S/C23H33FN8.HI/c1-25-22(31-18-16-30(17-19-31)21-7-3-2-6-20(21)24)26-10-5-11-29-12-14-32(15-13-29)23-27-8-4-9-28-23;/h2-4,6-9H,5,10-19H2,1H3,(H,25,26);1H. The first-order valence-corrected chi connectivity index (χ1v) is 11.4. The van der Waals surface area contributed by atoms with Crippen LogP contribution < -0.4 is 15.1 Å². The number of benzene rings is 1. The molecule has 0 radical (unpaired) electrons. The van der Waals surface area contributed by atoms with Gasteiger partial charge in [0.1, 0.15) is 5.82 Å². The number of hydrogen-bond acceptors (Lipinski definition) is 6. The molecule has 3 heterocycles. The van der Waals surface area contributed by atoms with Crippen LogP contribution in [0.2, 0.25) is 0 Å². The van der Waals surface area contributed by atoms with Crippen LogP contribution in [-0.4, -0.2) is 98.2 Å². The van der Waals surface area contributed by atoms with Crippen LogP contribution in [0.15, 0.2) is 47.7 Å². The van der Waals surface area contributed by atoms with E-state index in [0.717, 1.165) is 83.8 Å². The van der Waals surface area contributed by atoms with Gasteiger partial charge in [-0.05, 0) is 31.2 Å². The molecule has 2 aliphatic rings. The maximum atomic E-state index is 14.1. The number of anilines is 2. The Morgan fingerprint density at radius 1 is 0.939 bits per heavy atom. The van der Waals surface area contributed by atoms with Gasteiger partial charge >= 0.3 is 0 Å². The van der Waals surface area contributed by atoms with Gasteiger partial charge in [0.2, 0.25) is 5.95 Å². The highest BCUT2D eigenvalue weighted by Crippen LogP contribution is 2.20. The number of para-hydroxylation sites is 1. The van der Waals surface area contributed by atoms with Gasteiger partial charge in [-0.15, -0.1) is 24.0 Å². The third-order valence-corrected chi connectivity index (χ3v) is 6.13. The summed E-state index contributed by atoms with van der Waals surface area (Å²) in [5.41, 5.74) is 0.689. The summed E-state index contributed by atoms with van der Waals surface area (Å²) in [5.74, 6) is 1.61. The van der Waals surface area contributed by atoms with Crippen molar-refractivity contribution in [2.45, 2.75) is 6.42 Å². The molecule has 2 aromatic rings. The maximum absolute atomic E-state index is 14.1. The van der Waals surface area contributed by atoms with Gasteiger partial charge in [-0.2, -0.15) is 0 Å². The molecule has 0 atom stereocenters. The van der Waals surface area contributed by atoms with E-state index in [1.165, 1.54) is 6.07 Å². The second-order valence-electron chi connectivity index (χ2n) is 8.13. The Morgan fingerprint density at radius 3 is 2.27 bits per heavy atom. The van der Waals surface area contributed by atoms with Crippen LogP contribution >= 0.6 is 24.0 Å². The Hall–Kier alpha value is -2.21. The molecule has 1 N–H and O–H groups in total. The van der Waals surface area contributed by atoms with Crippen molar-refractivity contribution in [1.82, 2.24) is 25.1 Å². The first-order valence-electron chi connectivity index (χ1n) is 11.4. The minimum Gasteiger partial charge on any atom is -0.366 e. The van der Waals surface area contributed by atoms with Crippen molar-refractivity contribution in [1.29, 1.82) is 0 Å².